The van der Waals surface area contributed by atoms with Crippen LogP contribution in [0.15, 0.2) is 22.8 Å². The Morgan fingerprint density at radius 1 is 1.06 bits per heavy atom. The Morgan fingerprint density at radius 3 is 2.33 bits per heavy atom. The monoisotopic (exact) mass is 454 g/mol. The molecule has 0 unspecified atom stereocenters. The minimum absolute atomic E-state index is 0.0120. The average molecular weight is 455 g/mol. The fourth-order valence-electron chi connectivity index (χ4n) is 6.35. The molecule has 2 bridgehead atoms. The van der Waals surface area contributed by atoms with Crippen LogP contribution < -0.4 is 10.6 Å². The van der Waals surface area contributed by atoms with Gasteiger partial charge in [0.2, 0.25) is 17.6 Å². The average Bonchev–Trinajstić information content (AvgIpc) is 3.16. The van der Waals surface area contributed by atoms with E-state index in [4.69, 9.17) is 4.42 Å². The highest BCUT2D eigenvalue weighted by Gasteiger charge is 2.69. The number of amides is 2. The summed E-state index contributed by atoms with van der Waals surface area (Å²) in [4.78, 5) is 44.3. The van der Waals surface area contributed by atoms with E-state index in [2.05, 4.69) is 32.7 Å². The third-order valence-electron chi connectivity index (χ3n) is 8.14. The van der Waals surface area contributed by atoms with E-state index in [0.29, 0.717) is 12.3 Å². The molecule has 33 heavy (non-hydrogen) atoms. The van der Waals surface area contributed by atoms with Gasteiger partial charge in [0.05, 0.1) is 24.6 Å². The van der Waals surface area contributed by atoms with Crippen LogP contribution in [0, 0.1) is 29.1 Å². The first-order chi connectivity index (χ1) is 16.0. The van der Waals surface area contributed by atoms with Gasteiger partial charge in [-0.15, -0.1) is 0 Å². The van der Waals surface area contributed by atoms with Crippen LogP contribution in [0.1, 0.15) is 61.9 Å². The van der Waals surface area contributed by atoms with E-state index in [9.17, 15) is 14.4 Å². The Balaban J connectivity index is 1.17. The number of carbonyl (C=O) groups excluding carboxylic acids is 3. The smallest absolute Gasteiger partial charge is 0.263 e. The van der Waals surface area contributed by atoms with Crippen molar-refractivity contribution in [1.29, 1.82) is 0 Å². The minimum Gasteiger partial charge on any atom is -0.437 e. The van der Waals surface area contributed by atoms with Gasteiger partial charge in [-0.2, -0.15) is 0 Å². The van der Waals surface area contributed by atoms with Crippen molar-refractivity contribution in [3.8, 4) is 0 Å². The lowest BCUT2D eigenvalue weighted by Crippen LogP contribution is -2.44. The highest BCUT2D eigenvalue weighted by atomic mass is 16.4. The third-order valence-corrected chi connectivity index (χ3v) is 8.14. The Hall–Kier alpha value is -2.48. The molecular weight excluding hydrogens is 420 g/mol. The lowest BCUT2D eigenvalue weighted by molar-refractivity contribution is -0.135. The van der Waals surface area contributed by atoms with Gasteiger partial charge >= 0.3 is 0 Å². The van der Waals surface area contributed by atoms with Crippen LogP contribution in [-0.2, 0) is 16.1 Å². The SMILES string of the molecule is CC(=O)c1ncc(CNC(=O)[C@H]2[C@H](C(=O)NCCCCN3CCCC3)[C@H]3C=C[C@@H]2C32CC2)o1. The second-order valence-electron chi connectivity index (χ2n) is 10.2. The number of hydrogen-bond acceptors (Lipinski definition) is 6. The molecule has 1 aliphatic heterocycles. The minimum atomic E-state index is -0.359. The highest BCUT2D eigenvalue weighted by molar-refractivity contribution is 5.90. The third kappa shape index (κ3) is 4.25. The zero-order chi connectivity index (χ0) is 23.0. The second-order valence-corrected chi connectivity index (χ2v) is 10.2. The zero-order valence-corrected chi connectivity index (χ0v) is 19.3. The number of Topliss-reactive ketones (excluding diaryl/α,β-unsaturated/α-hetero) is 1. The summed E-state index contributed by atoms with van der Waals surface area (Å²) in [5.74, 6) is -0.280. The molecule has 2 heterocycles. The number of allylic oxidation sites excluding steroid dienone is 2. The summed E-state index contributed by atoms with van der Waals surface area (Å²) in [6.07, 6.45) is 12.6. The van der Waals surface area contributed by atoms with Crippen LogP contribution in [0.3, 0.4) is 0 Å². The molecular formula is C25H34N4O4. The largest absolute Gasteiger partial charge is 0.437 e. The molecule has 8 heteroatoms. The number of carbonyl (C=O) groups is 3. The summed E-state index contributed by atoms with van der Waals surface area (Å²) in [5, 5.41) is 6.07. The van der Waals surface area contributed by atoms with Crippen molar-refractivity contribution in [2.24, 2.45) is 29.1 Å². The van der Waals surface area contributed by atoms with Crippen molar-refractivity contribution in [3.05, 3.63) is 30.0 Å². The van der Waals surface area contributed by atoms with Gasteiger partial charge in [0.1, 0.15) is 5.76 Å². The summed E-state index contributed by atoms with van der Waals surface area (Å²) >= 11 is 0. The lowest BCUT2D eigenvalue weighted by Gasteiger charge is -2.26. The van der Waals surface area contributed by atoms with E-state index in [1.807, 2.05) is 0 Å². The van der Waals surface area contributed by atoms with Crippen molar-refractivity contribution in [3.63, 3.8) is 0 Å². The molecule has 4 atom stereocenters. The molecule has 1 aromatic rings. The predicted octanol–water partition coefficient (Wildman–Crippen LogP) is 2.31. The normalized spacial score (nSPS) is 29.0. The summed E-state index contributed by atoms with van der Waals surface area (Å²) in [6.45, 7) is 5.72. The molecule has 5 rings (SSSR count). The Labute approximate surface area is 194 Å². The van der Waals surface area contributed by atoms with Crippen LogP contribution in [-0.4, -0.2) is 53.7 Å². The molecule has 3 aliphatic carbocycles. The number of likely N-dealkylation sites (tertiary alicyclic amines) is 1. The van der Waals surface area contributed by atoms with Gasteiger partial charge in [0, 0.05) is 13.5 Å². The van der Waals surface area contributed by atoms with E-state index in [0.717, 1.165) is 32.2 Å². The van der Waals surface area contributed by atoms with Crippen LogP contribution >= 0.6 is 0 Å². The summed E-state index contributed by atoms with van der Waals surface area (Å²) in [5.41, 5.74) is 0.105. The maximum atomic E-state index is 13.2. The topological polar surface area (TPSA) is 105 Å². The molecule has 2 N–H and O–H groups in total. The van der Waals surface area contributed by atoms with Crippen molar-refractivity contribution in [2.45, 2.75) is 52.0 Å². The highest BCUT2D eigenvalue weighted by Crippen LogP contribution is 2.72. The number of oxazole rings is 1. The van der Waals surface area contributed by atoms with Crippen molar-refractivity contribution in [2.75, 3.05) is 26.2 Å². The molecule has 2 saturated carbocycles. The molecule has 8 nitrogen and oxygen atoms in total. The molecule has 1 aromatic heterocycles. The molecule has 3 fully saturated rings. The zero-order valence-electron chi connectivity index (χ0n) is 19.3. The van der Waals surface area contributed by atoms with Gasteiger partial charge in [-0.05, 0) is 75.4 Å². The molecule has 0 radical (unpaired) electrons. The van der Waals surface area contributed by atoms with Crippen LogP contribution in [0.25, 0.3) is 0 Å². The van der Waals surface area contributed by atoms with E-state index >= 15 is 0 Å². The number of hydrogen-bond donors (Lipinski definition) is 2. The van der Waals surface area contributed by atoms with Crippen LogP contribution in [0.5, 0.6) is 0 Å². The van der Waals surface area contributed by atoms with Gasteiger partial charge in [0.15, 0.2) is 0 Å². The standard InChI is InChI=1S/C25H34N4O4/c1-16(30)24-28-15-17(33-24)14-27-23(32)21-19-7-6-18(25(19)8-9-25)20(21)22(31)26-10-2-3-11-29-12-4-5-13-29/h6-7,15,18-21H,2-5,8-14H2,1H3,(H,26,31)(H,27,32)/t18-,19+,20-,21-/m1/s1. The maximum absolute atomic E-state index is 13.2. The molecule has 0 aromatic carbocycles. The van der Waals surface area contributed by atoms with Gasteiger partial charge < -0.3 is 20.0 Å². The number of nitrogens with zero attached hydrogens (tertiary/aromatic N) is 2. The molecule has 4 aliphatic rings. The number of aromatic nitrogens is 1. The van der Waals surface area contributed by atoms with Crippen molar-refractivity contribution >= 4 is 17.6 Å². The summed E-state index contributed by atoms with van der Waals surface area (Å²) in [6, 6.07) is 0. The number of unbranched alkanes of at least 4 members (excludes halogenated alkanes) is 1. The Bertz CT molecular complexity index is 944. The van der Waals surface area contributed by atoms with Crippen LogP contribution in [0.2, 0.25) is 0 Å². The van der Waals surface area contributed by atoms with Crippen LogP contribution in [0.4, 0.5) is 0 Å². The van der Waals surface area contributed by atoms with E-state index in [1.165, 1.54) is 39.1 Å². The fourth-order valence-corrected chi connectivity index (χ4v) is 6.35. The number of ketones is 1. The molecule has 178 valence electrons. The molecule has 1 saturated heterocycles. The van der Waals surface area contributed by atoms with E-state index in [-0.39, 0.29) is 59.1 Å². The number of nitrogens with one attached hydrogen (secondary N) is 2. The summed E-state index contributed by atoms with van der Waals surface area (Å²) < 4.78 is 5.39. The van der Waals surface area contributed by atoms with E-state index < -0.39 is 0 Å². The van der Waals surface area contributed by atoms with Crippen molar-refractivity contribution < 1.29 is 18.8 Å². The first-order valence-electron chi connectivity index (χ1n) is 12.4. The Morgan fingerprint density at radius 2 is 1.73 bits per heavy atom. The number of rotatable bonds is 10. The van der Waals surface area contributed by atoms with Gasteiger partial charge in [-0.25, -0.2) is 4.98 Å². The van der Waals surface area contributed by atoms with Gasteiger partial charge in [0.25, 0.3) is 5.89 Å². The lowest BCUT2D eigenvalue weighted by atomic mass is 9.81. The second kappa shape index (κ2) is 9.05. The predicted molar refractivity (Wildman–Crippen MR) is 121 cm³/mol. The Kier molecular flexibility index (Phi) is 6.12. The molecule has 2 amide bonds. The first-order valence-corrected chi connectivity index (χ1v) is 12.4. The first kappa shape index (κ1) is 22.3. The van der Waals surface area contributed by atoms with E-state index in [1.54, 1.807) is 0 Å². The maximum Gasteiger partial charge on any atom is 0.263 e. The van der Waals surface area contributed by atoms with Gasteiger partial charge in [-0.3, -0.25) is 14.4 Å². The van der Waals surface area contributed by atoms with Crippen molar-refractivity contribution in [1.82, 2.24) is 20.5 Å². The molecule has 1 spiro atoms. The quantitative estimate of drug-likeness (QED) is 0.319. The summed E-state index contributed by atoms with van der Waals surface area (Å²) in [7, 11) is 0. The fraction of sp³-hybridized carbons (Fsp3) is 0.680. The van der Waals surface area contributed by atoms with Gasteiger partial charge in [-0.1, -0.05) is 12.2 Å².